The Kier molecular flexibility index (Phi) is 6.72. The van der Waals surface area contributed by atoms with E-state index >= 15 is 0 Å². The molecule has 1 heterocycles. The Bertz CT molecular complexity index is 845. The fraction of sp³-hybridized carbons (Fsp3) is 0.364. The maximum absolute atomic E-state index is 12.6. The number of amides is 2. The van der Waals surface area contributed by atoms with E-state index in [0.717, 1.165) is 11.4 Å². The van der Waals surface area contributed by atoms with Gasteiger partial charge < -0.3 is 20.5 Å². The van der Waals surface area contributed by atoms with Gasteiger partial charge in [0.25, 0.3) is 0 Å². The number of hydrogen-bond acceptors (Lipinski definition) is 5. The number of likely N-dealkylation sites (tertiary alicyclic amines) is 1. The van der Waals surface area contributed by atoms with Crippen molar-refractivity contribution in [2.75, 3.05) is 30.8 Å². The molecule has 1 fully saturated rings. The van der Waals surface area contributed by atoms with Gasteiger partial charge in [-0.25, -0.2) is 0 Å². The number of para-hydroxylation sites is 2. The molecule has 0 unspecified atom stereocenters. The summed E-state index contributed by atoms with van der Waals surface area (Å²) < 4.78 is 5.12. The predicted octanol–water partition coefficient (Wildman–Crippen LogP) is 3.08. The molecular weight excluding hydrogens is 370 g/mol. The summed E-state index contributed by atoms with van der Waals surface area (Å²) in [6.45, 7) is 3.20. The highest BCUT2D eigenvalue weighted by Gasteiger charge is 2.30. The van der Waals surface area contributed by atoms with Crippen LogP contribution in [0.4, 0.5) is 11.4 Å². The number of methoxy groups -OCH3 is 1. The van der Waals surface area contributed by atoms with Crippen LogP contribution in [-0.2, 0) is 9.59 Å². The van der Waals surface area contributed by atoms with Gasteiger partial charge in [-0.05, 0) is 69.3 Å². The first-order valence-corrected chi connectivity index (χ1v) is 9.75. The summed E-state index contributed by atoms with van der Waals surface area (Å²) in [4.78, 5) is 27.1. The van der Waals surface area contributed by atoms with E-state index in [-0.39, 0.29) is 29.5 Å². The Morgan fingerprint density at radius 2 is 1.72 bits per heavy atom. The lowest BCUT2D eigenvalue weighted by Gasteiger charge is -2.34. The minimum Gasteiger partial charge on any atom is -0.506 e. The van der Waals surface area contributed by atoms with Crippen LogP contribution in [0.25, 0.3) is 0 Å². The molecular formula is C22H27N3O4. The Labute approximate surface area is 170 Å². The first-order valence-electron chi connectivity index (χ1n) is 9.75. The van der Waals surface area contributed by atoms with Crippen molar-refractivity contribution in [2.24, 2.45) is 5.92 Å². The number of aromatic hydroxyl groups is 1. The lowest BCUT2D eigenvalue weighted by molar-refractivity contribution is -0.123. The van der Waals surface area contributed by atoms with E-state index in [9.17, 15) is 14.7 Å². The van der Waals surface area contributed by atoms with Crippen molar-refractivity contribution in [1.29, 1.82) is 0 Å². The SMILES string of the molecule is COc1ccc(NC(=O)[C@H](C)N2CCC(C(=O)Nc3ccccc3O)CC2)cc1. The van der Waals surface area contributed by atoms with Gasteiger partial charge in [-0.15, -0.1) is 0 Å². The molecule has 29 heavy (non-hydrogen) atoms. The number of ether oxygens (including phenoxy) is 1. The van der Waals surface area contributed by atoms with Gasteiger partial charge in [-0.1, -0.05) is 12.1 Å². The summed E-state index contributed by atoms with van der Waals surface area (Å²) in [5.41, 5.74) is 1.15. The van der Waals surface area contributed by atoms with E-state index < -0.39 is 0 Å². The number of benzene rings is 2. The molecule has 0 radical (unpaired) electrons. The van der Waals surface area contributed by atoms with E-state index in [2.05, 4.69) is 15.5 Å². The summed E-state index contributed by atoms with van der Waals surface area (Å²) in [5.74, 6) is 0.485. The molecule has 1 aliphatic rings. The van der Waals surface area contributed by atoms with Crippen LogP contribution in [0.5, 0.6) is 11.5 Å². The predicted molar refractivity (Wildman–Crippen MR) is 112 cm³/mol. The van der Waals surface area contributed by atoms with Gasteiger partial charge in [-0.3, -0.25) is 14.5 Å². The molecule has 7 heteroatoms. The number of phenolic OH excluding ortho intramolecular Hbond substituents is 1. The molecule has 3 rings (SSSR count). The maximum Gasteiger partial charge on any atom is 0.241 e. The molecule has 2 aromatic rings. The zero-order chi connectivity index (χ0) is 20.8. The first kappa shape index (κ1) is 20.7. The van der Waals surface area contributed by atoms with Crippen molar-refractivity contribution in [3.8, 4) is 11.5 Å². The number of nitrogens with zero attached hydrogens (tertiary/aromatic N) is 1. The van der Waals surface area contributed by atoms with Crippen LogP contribution in [0.15, 0.2) is 48.5 Å². The van der Waals surface area contributed by atoms with E-state index in [1.165, 1.54) is 0 Å². The molecule has 7 nitrogen and oxygen atoms in total. The highest BCUT2D eigenvalue weighted by Crippen LogP contribution is 2.25. The highest BCUT2D eigenvalue weighted by atomic mass is 16.5. The van der Waals surface area contributed by atoms with Crippen LogP contribution in [0, 0.1) is 5.92 Å². The number of piperidine rings is 1. The van der Waals surface area contributed by atoms with Crippen molar-refractivity contribution in [2.45, 2.75) is 25.8 Å². The molecule has 2 amide bonds. The Hall–Kier alpha value is -3.06. The molecule has 3 N–H and O–H groups in total. The number of carbonyl (C=O) groups is 2. The number of rotatable bonds is 6. The third kappa shape index (κ3) is 5.26. The third-order valence-corrected chi connectivity index (χ3v) is 5.35. The van der Waals surface area contributed by atoms with Crippen molar-refractivity contribution in [3.63, 3.8) is 0 Å². The van der Waals surface area contributed by atoms with Crippen LogP contribution in [0.1, 0.15) is 19.8 Å². The lowest BCUT2D eigenvalue weighted by atomic mass is 9.94. The zero-order valence-corrected chi connectivity index (χ0v) is 16.7. The van der Waals surface area contributed by atoms with Gasteiger partial charge >= 0.3 is 0 Å². The van der Waals surface area contributed by atoms with Crippen LogP contribution < -0.4 is 15.4 Å². The summed E-state index contributed by atoms with van der Waals surface area (Å²) in [6.07, 6.45) is 1.33. The Morgan fingerprint density at radius 1 is 1.07 bits per heavy atom. The van der Waals surface area contributed by atoms with Gasteiger partial charge in [0.1, 0.15) is 11.5 Å². The molecule has 1 saturated heterocycles. The second kappa shape index (κ2) is 9.43. The monoisotopic (exact) mass is 397 g/mol. The van der Waals surface area contributed by atoms with Gasteiger partial charge in [-0.2, -0.15) is 0 Å². The molecule has 0 aromatic heterocycles. The summed E-state index contributed by atoms with van der Waals surface area (Å²) in [7, 11) is 1.60. The quantitative estimate of drug-likeness (QED) is 0.652. The van der Waals surface area contributed by atoms with E-state index in [1.54, 1.807) is 55.6 Å². The number of nitrogens with one attached hydrogen (secondary N) is 2. The van der Waals surface area contributed by atoms with Crippen molar-refractivity contribution >= 4 is 23.2 Å². The molecule has 0 bridgehead atoms. The largest absolute Gasteiger partial charge is 0.506 e. The number of anilines is 2. The van der Waals surface area contributed by atoms with Crippen molar-refractivity contribution in [1.82, 2.24) is 4.90 Å². The minimum absolute atomic E-state index is 0.0575. The number of hydrogen-bond donors (Lipinski definition) is 3. The second-order valence-electron chi connectivity index (χ2n) is 7.21. The van der Waals surface area contributed by atoms with Gasteiger partial charge in [0, 0.05) is 11.6 Å². The summed E-state index contributed by atoms with van der Waals surface area (Å²) >= 11 is 0. The fourth-order valence-electron chi connectivity index (χ4n) is 3.45. The molecule has 2 aromatic carbocycles. The fourth-order valence-corrected chi connectivity index (χ4v) is 3.45. The van der Waals surface area contributed by atoms with Gasteiger partial charge in [0.15, 0.2) is 0 Å². The third-order valence-electron chi connectivity index (χ3n) is 5.35. The average Bonchev–Trinajstić information content (AvgIpc) is 2.75. The Morgan fingerprint density at radius 3 is 2.34 bits per heavy atom. The minimum atomic E-state index is -0.292. The van der Waals surface area contributed by atoms with Crippen molar-refractivity contribution < 1.29 is 19.4 Å². The average molecular weight is 397 g/mol. The van der Waals surface area contributed by atoms with Crippen LogP contribution in [0.3, 0.4) is 0 Å². The topological polar surface area (TPSA) is 90.9 Å². The second-order valence-corrected chi connectivity index (χ2v) is 7.21. The molecule has 1 aliphatic heterocycles. The molecule has 154 valence electrons. The summed E-state index contributed by atoms with van der Waals surface area (Å²) in [5, 5.41) is 15.5. The maximum atomic E-state index is 12.6. The standard InChI is InChI=1S/C22H27N3O4/c1-15(21(27)23-17-7-9-18(29-2)10-8-17)25-13-11-16(12-14-25)22(28)24-19-5-3-4-6-20(19)26/h3-10,15-16,26H,11-14H2,1-2H3,(H,23,27)(H,24,28)/t15-/m0/s1. The van der Waals surface area contributed by atoms with E-state index in [0.29, 0.717) is 31.6 Å². The van der Waals surface area contributed by atoms with Crippen LogP contribution in [0.2, 0.25) is 0 Å². The van der Waals surface area contributed by atoms with E-state index in [4.69, 9.17) is 4.74 Å². The molecule has 0 saturated carbocycles. The normalized spacial score (nSPS) is 16.1. The zero-order valence-electron chi connectivity index (χ0n) is 16.7. The van der Waals surface area contributed by atoms with Gasteiger partial charge in [0.05, 0.1) is 18.8 Å². The lowest BCUT2D eigenvalue weighted by Crippen LogP contribution is -2.47. The smallest absolute Gasteiger partial charge is 0.241 e. The Balaban J connectivity index is 1.49. The number of carbonyl (C=O) groups excluding carboxylic acids is 2. The van der Waals surface area contributed by atoms with E-state index in [1.807, 2.05) is 6.92 Å². The number of phenols is 1. The molecule has 0 aliphatic carbocycles. The highest BCUT2D eigenvalue weighted by molar-refractivity contribution is 5.95. The van der Waals surface area contributed by atoms with Crippen LogP contribution in [-0.4, -0.2) is 48.1 Å². The first-order chi connectivity index (χ1) is 14.0. The van der Waals surface area contributed by atoms with Crippen molar-refractivity contribution in [3.05, 3.63) is 48.5 Å². The van der Waals surface area contributed by atoms with Crippen LogP contribution >= 0.6 is 0 Å². The molecule has 0 spiro atoms. The molecule has 1 atom stereocenters. The summed E-state index contributed by atoms with van der Waals surface area (Å²) in [6, 6.07) is 13.6. The van der Waals surface area contributed by atoms with Gasteiger partial charge in [0.2, 0.25) is 11.8 Å².